The number of hydrogen-bond donors (Lipinski definition) is 0. The van der Waals surface area contributed by atoms with Gasteiger partial charge in [-0.3, -0.25) is 10.1 Å². The highest BCUT2D eigenvalue weighted by Gasteiger charge is 2.26. The Balaban J connectivity index is 2.17. The molecule has 6 nitrogen and oxygen atoms in total. The summed E-state index contributed by atoms with van der Waals surface area (Å²) in [6.07, 6.45) is 0. The Kier molecular flexibility index (Phi) is 6.36. The molecule has 0 atom stereocenters. The summed E-state index contributed by atoms with van der Waals surface area (Å²) in [7, 11) is 0. The van der Waals surface area contributed by atoms with Crippen LogP contribution in [0.4, 0.5) is 5.69 Å². The molecule has 0 radical (unpaired) electrons. The molecular formula is C19H8Cl4N2O4. The zero-order valence-electron chi connectivity index (χ0n) is 14.2. The predicted molar refractivity (Wildman–Crippen MR) is 111 cm³/mol. The van der Waals surface area contributed by atoms with Crippen molar-refractivity contribution in [2.24, 2.45) is 0 Å². The summed E-state index contributed by atoms with van der Waals surface area (Å²) in [6.45, 7) is 0. The molecule has 0 heterocycles. The van der Waals surface area contributed by atoms with Crippen LogP contribution in [0.1, 0.15) is 5.56 Å². The van der Waals surface area contributed by atoms with Crippen molar-refractivity contribution in [2.75, 3.05) is 0 Å². The number of nitriles is 1. The molecule has 3 aromatic carbocycles. The third-order valence-electron chi connectivity index (χ3n) is 3.66. The van der Waals surface area contributed by atoms with E-state index in [2.05, 4.69) is 0 Å². The van der Waals surface area contributed by atoms with Crippen LogP contribution in [0.3, 0.4) is 0 Å². The standard InChI is InChI=1S/C19H8Cl4N2O4/c20-11-3-1-4-12(21)18(11)28-16-8-7-15(25(26)27)17(10(16)9-24)29-19-13(22)5-2-6-14(19)23/h1-8H. The number of rotatable bonds is 5. The van der Waals surface area contributed by atoms with Crippen molar-refractivity contribution in [2.45, 2.75) is 0 Å². The lowest BCUT2D eigenvalue weighted by Crippen LogP contribution is -1.99. The lowest BCUT2D eigenvalue weighted by atomic mass is 10.1. The van der Waals surface area contributed by atoms with Crippen LogP contribution in [0.15, 0.2) is 48.5 Å². The van der Waals surface area contributed by atoms with Crippen molar-refractivity contribution in [3.05, 3.63) is 84.3 Å². The van der Waals surface area contributed by atoms with E-state index in [0.717, 1.165) is 6.07 Å². The Hall–Kier alpha value is -2.69. The summed E-state index contributed by atoms with van der Waals surface area (Å²) in [5.41, 5.74) is -0.735. The summed E-state index contributed by atoms with van der Waals surface area (Å²) in [5, 5.41) is 21.8. The van der Waals surface area contributed by atoms with Gasteiger partial charge in [-0.25, -0.2) is 0 Å². The second-order valence-corrected chi connectivity index (χ2v) is 7.09. The zero-order valence-corrected chi connectivity index (χ0v) is 17.2. The van der Waals surface area contributed by atoms with Gasteiger partial charge in [0.15, 0.2) is 11.5 Å². The van der Waals surface area contributed by atoms with E-state index in [1.807, 2.05) is 6.07 Å². The van der Waals surface area contributed by atoms with Gasteiger partial charge in [0.05, 0.1) is 25.0 Å². The van der Waals surface area contributed by atoms with E-state index >= 15 is 0 Å². The second kappa shape index (κ2) is 8.76. The van der Waals surface area contributed by atoms with Crippen molar-refractivity contribution in [1.29, 1.82) is 5.26 Å². The molecule has 0 bridgehead atoms. The highest BCUT2D eigenvalue weighted by Crippen LogP contribution is 2.45. The number of nitrogens with zero attached hydrogens (tertiary/aromatic N) is 2. The molecule has 29 heavy (non-hydrogen) atoms. The molecule has 0 aliphatic carbocycles. The predicted octanol–water partition coefficient (Wildman–Crippen LogP) is 7.66. The first kappa shape index (κ1) is 21.0. The number of ether oxygens (including phenoxy) is 2. The van der Waals surface area contributed by atoms with Crippen LogP contribution in [0.5, 0.6) is 23.0 Å². The quantitative estimate of drug-likeness (QED) is 0.282. The third-order valence-corrected chi connectivity index (χ3v) is 4.85. The zero-order chi connectivity index (χ0) is 21.1. The van der Waals surface area contributed by atoms with Gasteiger partial charge in [-0.15, -0.1) is 0 Å². The van der Waals surface area contributed by atoms with E-state index in [1.54, 1.807) is 24.3 Å². The normalized spacial score (nSPS) is 10.3. The molecule has 0 aromatic heterocycles. The van der Waals surface area contributed by atoms with Gasteiger partial charge in [0.2, 0.25) is 5.75 Å². The van der Waals surface area contributed by atoms with E-state index in [9.17, 15) is 15.4 Å². The SMILES string of the molecule is N#Cc1c(Oc2c(Cl)cccc2Cl)ccc([N+](=O)[O-])c1Oc1c(Cl)cccc1Cl. The maximum atomic E-state index is 11.5. The molecular weight excluding hydrogens is 462 g/mol. The van der Waals surface area contributed by atoms with Gasteiger partial charge in [0.25, 0.3) is 0 Å². The molecule has 0 fully saturated rings. The van der Waals surface area contributed by atoms with Gasteiger partial charge < -0.3 is 9.47 Å². The topological polar surface area (TPSA) is 85.4 Å². The Morgan fingerprint density at radius 3 is 1.72 bits per heavy atom. The average molecular weight is 470 g/mol. The van der Waals surface area contributed by atoms with Crippen LogP contribution in [0, 0.1) is 21.4 Å². The molecule has 0 N–H and O–H groups in total. The highest BCUT2D eigenvalue weighted by atomic mass is 35.5. The van der Waals surface area contributed by atoms with E-state index in [0.29, 0.717) is 0 Å². The minimum absolute atomic E-state index is 0.0386. The lowest BCUT2D eigenvalue weighted by Gasteiger charge is -2.15. The van der Waals surface area contributed by atoms with Crippen molar-refractivity contribution in [3.63, 3.8) is 0 Å². The largest absolute Gasteiger partial charge is 0.453 e. The summed E-state index contributed by atoms with van der Waals surface area (Å²) in [6, 6.07) is 13.5. The fourth-order valence-corrected chi connectivity index (χ4v) is 3.31. The molecule has 10 heteroatoms. The molecule has 146 valence electrons. The van der Waals surface area contributed by atoms with Crippen LogP contribution < -0.4 is 9.47 Å². The number of hydrogen-bond acceptors (Lipinski definition) is 5. The third kappa shape index (κ3) is 4.34. The molecule has 0 aliphatic heterocycles. The minimum atomic E-state index is -0.701. The van der Waals surface area contributed by atoms with Gasteiger partial charge >= 0.3 is 5.69 Å². The first-order chi connectivity index (χ1) is 13.8. The Morgan fingerprint density at radius 2 is 1.28 bits per heavy atom. The number of benzene rings is 3. The van der Waals surface area contributed by atoms with Crippen LogP contribution in [0.2, 0.25) is 20.1 Å². The molecule has 0 spiro atoms. The van der Waals surface area contributed by atoms with Crippen molar-refractivity contribution >= 4 is 52.1 Å². The Bertz CT molecular complexity index is 1120. The van der Waals surface area contributed by atoms with Crippen LogP contribution >= 0.6 is 46.4 Å². The first-order valence-corrected chi connectivity index (χ1v) is 9.30. The van der Waals surface area contributed by atoms with E-state index in [1.165, 1.54) is 18.2 Å². The van der Waals surface area contributed by atoms with Gasteiger partial charge in [0, 0.05) is 6.07 Å². The number of para-hydroxylation sites is 2. The fraction of sp³-hybridized carbons (Fsp3) is 0. The molecule has 0 unspecified atom stereocenters. The smallest absolute Gasteiger partial charge is 0.313 e. The molecule has 0 saturated heterocycles. The van der Waals surface area contributed by atoms with Gasteiger partial charge in [-0.05, 0) is 30.3 Å². The molecule has 3 aromatic rings. The molecule has 0 amide bonds. The maximum Gasteiger partial charge on any atom is 0.313 e. The summed E-state index contributed by atoms with van der Waals surface area (Å²) in [4.78, 5) is 10.8. The van der Waals surface area contributed by atoms with E-state index in [4.69, 9.17) is 55.9 Å². The van der Waals surface area contributed by atoms with Crippen molar-refractivity contribution in [3.8, 4) is 29.1 Å². The van der Waals surface area contributed by atoms with Crippen molar-refractivity contribution in [1.82, 2.24) is 0 Å². The molecule has 0 saturated carbocycles. The van der Waals surface area contributed by atoms with Gasteiger partial charge in [-0.1, -0.05) is 58.5 Å². The number of halogens is 4. The Labute approximate surface area is 184 Å². The van der Waals surface area contributed by atoms with Gasteiger partial charge in [0.1, 0.15) is 17.4 Å². The summed E-state index contributed by atoms with van der Waals surface area (Å²) < 4.78 is 11.3. The second-order valence-electron chi connectivity index (χ2n) is 5.46. The Morgan fingerprint density at radius 1 is 0.793 bits per heavy atom. The molecule has 0 aliphatic rings. The van der Waals surface area contributed by atoms with E-state index < -0.39 is 10.6 Å². The summed E-state index contributed by atoms with van der Waals surface area (Å²) >= 11 is 24.4. The number of nitro groups is 1. The van der Waals surface area contributed by atoms with Gasteiger partial charge in [-0.2, -0.15) is 5.26 Å². The average Bonchev–Trinajstić information content (AvgIpc) is 2.67. The van der Waals surface area contributed by atoms with Crippen LogP contribution in [0.25, 0.3) is 0 Å². The minimum Gasteiger partial charge on any atom is -0.453 e. The number of nitro benzene ring substituents is 1. The molecule has 3 rings (SSSR count). The highest BCUT2D eigenvalue weighted by molar-refractivity contribution is 6.37. The van der Waals surface area contributed by atoms with E-state index in [-0.39, 0.29) is 48.7 Å². The van der Waals surface area contributed by atoms with Crippen LogP contribution in [-0.4, -0.2) is 4.92 Å². The fourth-order valence-electron chi connectivity index (χ4n) is 2.36. The lowest BCUT2D eigenvalue weighted by molar-refractivity contribution is -0.385. The first-order valence-electron chi connectivity index (χ1n) is 7.78. The summed E-state index contributed by atoms with van der Waals surface area (Å²) in [5.74, 6) is -0.384. The monoisotopic (exact) mass is 468 g/mol. The van der Waals surface area contributed by atoms with Crippen LogP contribution in [-0.2, 0) is 0 Å². The maximum absolute atomic E-state index is 11.5. The van der Waals surface area contributed by atoms with Crippen molar-refractivity contribution < 1.29 is 14.4 Å².